The highest BCUT2D eigenvalue weighted by Crippen LogP contribution is 2.24. The molecule has 2 N–H and O–H groups in total. The van der Waals surface area contributed by atoms with Gasteiger partial charge in [0.1, 0.15) is 0 Å². The van der Waals surface area contributed by atoms with E-state index in [1.165, 1.54) is 5.56 Å². The van der Waals surface area contributed by atoms with Crippen molar-refractivity contribution in [3.8, 4) is 0 Å². The topological polar surface area (TPSA) is 70.2 Å². The molecule has 6 nitrogen and oxygen atoms in total. The standard InChI is InChI=1S/C20H30N4O2/c1-14(2)26-11-5-9-21-19(25)16-6-4-10-24(13-16)20-22-17-8-7-15(3)12-18(17)23-20/h7-8,12,14,16H,4-6,9-11,13H2,1-3H3,(H,21,25)(H,22,23)/t16-/m0/s1. The third-order valence-electron chi connectivity index (χ3n) is 4.79. The van der Waals surface area contributed by atoms with Gasteiger partial charge in [0.05, 0.1) is 23.1 Å². The number of ether oxygens (including phenoxy) is 1. The van der Waals surface area contributed by atoms with Crippen molar-refractivity contribution in [2.24, 2.45) is 5.92 Å². The van der Waals surface area contributed by atoms with E-state index in [0.29, 0.717) is 19.7 Å². The number of anilines is 1. The quantitative estimate of drug-likeness (QED) is 0.747. The number of nitrogens with one attached hydrogen (secondary N) is 2. The Kier molecular flexibility index (Phi) is 6.14. The van der Waals surface area contributed by atoms with Gasteiger partial charge in [-0.3, -0.25) is 4.79 Å². The summed E-state index contributed by atoms with van der Waals surface area (Å²) in [6.07, 6.45) is 3.03. The Morgan fingerprint density at radius 2 is 2.31 bits per heavy atom. The van der Waals surface area contributed by atoms with Crippen molar-refractivity contribution in [1.29, 1.82) is 0 Å². The van der Waals surface area contributed by atoms with Crippen LogP contribution in [0.2, 0.25) is 0 Å². The first kappa shape index (κ1) is 18.7. The average Bonchev–Trinajstić information content (AvgIpc) is 3.04. The van der Waals surface area contributed by atoms with Crippen LogP contribution in [0.15, 0.2) is 18.2 Å². The maximum Gasteiger partial charge on any atom is 0.224 e. The molecule has 142 valence electrons. The number of aromatic nitrogens is 2. The van der Waals surface area contributed by atoms with Crippen LogP contribution in [0.5, 0.6) is 0 Å². The predicted molar refractivity (Wildman–Crippen MR) is 104 cm³/mol. The lowest BCUT2D eigenvalue weighted by Crippen LogP contribution is -2.43. The molecule has 0 radical (unpaired) electrons. The molecule has 1 aromatic carbocycles. The van der Waals surface area contributed by atoms with Gasteiger partial charge in [0, 0.05) is 26.2 Å². The number of carbonyl (C=O) groups excluding carboxylic acids is 1. The second-order valence-corrected chi connectivity index (χ2v) is 7.43. The lowest BCUT2D eigenvalue weighted by atomic mass is 9.97. The number of nitrogens with zero attached hydrogens (tertiary/aromatic N) is 2. The van der Waals surface area contributed by atoms with Crippen molar-refractivity contribution in [1.82, 2.24) is 15.3 Å². The summed E-state index contributed by atoms with van der Waals surface area (Å²) < 4.78 is 5.51. The molecule has 6 heteroatoms. The van der Waals surface area contributed by atoms with Gasteiger partial charge >= 0.3 is 0 Å². The predicted octanol–water partition coefficient (Wildman–Crippen LogP) is 3.02. The molecule has 1 aromatic heterocycles. The van der Waals surface area contributed by atoms with Gasteiger partial charge in [-0.25, -0.2) is 4.98 Å². The number of imidazole rings is 1. The van der Waals surface area contributed by atoms with E-state index in [-0.39, 0.29) is 17.9 Å². The highest BCUT2D eigenvalue weighted by atomic mass is 16.5. The SMILES string of the molecule is Cc1ccc2nc(N3CCC[C@H](C(=O)NCCCOC(C)C)C3)[nH]c2c1. The molecule has 3 rings (SSSR count). The summed E-state index contributed by atoms with van der Waals surface area (Å²) >= 11 is 0. The fourth-order valence-electron chi connectivity index (χ4n) is 3.39. The fourth-order valence-corrected chi connectivity index (χ4v) is 3.39. The molecule has 1 aliphatic heterocycles. The Morgan fingerprint density at radius 3 is 3.12 bits per heavy atom. The fraction of sp³-hybridized carbons (Fsp3) is 0.600. The maximum absolute atomic E-state index is 12.5. The van der Waals surface area contributed by atoms with Crippen LogP contribution in [0.4, 0.5) is 5.95 Å². The van der Waals surface area contributed by atoms with E-state index in [2.05, 4.69) is 34.3 Å². The minimum atomic E-state index is 0.0183. The number of H-pyrrole nitrogens is 1. The molecule has 1 aliphatic rings. The molecule has 1 amide bonds. The number of rotatable bonds is 7. The molecule has 1 saturated heterocycles. The van der Waals surface area contributed by atoms with Crippen LogP contribution in [0.25, 0.3) is 11.0 Å². The van der Waals surface area contributed by atoms with E-state index in [1.807, 2.05) is 19.9 Å². The maximum atomic E-state index is 12.5. The Bertz CT molecular complexity index is 740. The number of hydrogen-bond donors (Lipinski definition) is 2. The molecule has 2 heterocycles. The van der Waals surface area contributed by atoms with Gasteiger partial charge in [0.15, 0.2) is 0 Å². The summed E-state index contributed by atoms with van der Waals surface area (Å²) in [6, 6.07) is 6.22. The normalized spacial score (nSPS) is 17.8. The number of amides is 1. The molecule has 0 bridgehead atoms. The van der Waals surface area contributed by atoms with Crippen LogP contribution in [0.3, 0.4) is 0 Å². The van der Waals surface area contributed by atoms with Crippen molar-refractivity contribution in [3.63, 3.8) is 0 Å². The van der Waals surface area contributed by atoms with Crippen LogP contribution in [0.1, 0.15) is 38.7 Å². The van der Waals surface area contributed by atoms with Crippen molar-refractivity contribution in [3.05, 3.63) is 23.8 Å². The molecular weight excluding hydrogens is 328 g/mol. The van der Waals surface area contributed by atoms with Crippen molar-refractivity contribution < 1.29 is 9.53 Å². The smallest absolute Gasteiger partial charge is 0.224 e. The van der Waals surface area contributed by atoms with E-state index >= 15 is 0 Å². The minimum Gasteiger partial charge on any atom is -0.379 e. The zero-order valence-electron chi connectivity index (χ0n) is 16.0. The zero-order valence-corrected chi connectivity index (χ0v) is 16.0. The summed E-state index contributed by atoms with van der Waals surface area (Å²) in [5, 5.41) is 3.06. The lowest BCUT2D eigenvalue weighted by Gasteiger charge is -2.31. The summed E-state index contributed by atoms with van der Waals surface area (Å²) in [5.74, 6) is 1.03. The van der Waals surface area contributed by atoms with Crippen molar-refractivity contribution >= 4 is 22.9 Å². The third-order valence-corrected chi connectivity index (χ3v) is 4.79. The van der Waals surface area contributed by atoms with E-state index in [4.69, 9.17) is 9.72 Å². The van der Waals surface area contributed by atoms with Crippen molar-refractivity contribution in [2.45, 2.75) is 46.1 Å². The van der Waals surface area contributed by atoms with E-state index in [0.717, 1.165) is 42.8 Å². The number of carbonyl (C=O) groups is 1. The minimum absolute atomic E-state index is 0.0183. The van der Waals surface area contributed by atoms with Crippen LogP contribution in [-0.4, -0.2) is 48.2 Å². The molecule has 1 fully saturated rings. The number of hydrogen-bond acceptors (Lipinski definition) is 4. The van der Waals surface area contributed by atoms with Gasteiger partial charge < -0.3 is 19.9 Å². The van der Waals surface area contributed by atoms with Gasteiger partial charge in [-0.2, -0.15) is 0 Å². The number of aryl methyl sites for hydroxylation is 1. The molecule has 26 heavy (non-hydrogen) atoms. The summed E-state index contributed by atoms with van der Waals surface area (Å²) in [4.78, 5) is 22.8. The summed E-state index contributed by atoms with van der Waals surface area (Å²) in [7, 11) is 0. The second kappa shape index (κ2) is 8.54. The lowest BCUT2D eigenvalue weighted by molar-refractivity contribution is -0.125. The van der Waals surface area contributed by atoms with E-state index in [9.17, 15) is 4.79 Å². The van der Waals surface area contributed by atoms with Gasteiger partial charge in [-0.1, -0.05) is 6.07 Å². The largest absolute Gasteiger partial charge is 0.379 e. The average molecular weight is 358 g/mol. The highest BCUT2D eigenvalue weighted by Gasteiger charge is 2.27. The number of aromatic amines is 1. The Balaban J connectivity index is 1.53. The first-order valence-electron chi connectivity index (χ1n) is 9.63. The first-order valence-corrected chi connectivity index (χ1v) is 9.63. The molecule has 1 atom stereocenters. The van der Waals surface area contributed by atoms with Crippen LogP contribution >= 0.6 is 0 Å². The highest BCUT2D eigenvalue weighted by molar-refractivity contribution is 5.80. The zero-order chi connectivity index (χ0) is 18.5. The first-order chi connectivity index (χ1) is 12.5. The van der Waals surface area contributed by atoms with Crippen LogP contribution in [-0.2, 0) is 9.53 Å². The molecule has 0 unspecified atom stereocenters. The monoisotopic (exact) mass is 358 g/mol. The van der Waals surface area contributed by atoms with E-state index < -0.39 is 0 Å². The molecule has 0 aliphatic carbocycles. The molecular formula is C20H30N4O2. The number of fused-ring (bicyclic) bond motifs is 1. The molecule has 2 aromatic rings. The Labute approximate surface area is 155 Å². The number of piperidine rings is 1. The van der Waals surface area contributed by atoms with Gasteiger partial charge in [-0.15, -0.1) is 0 Å². The van der Waals surface area contributed by atoms with E-state index in [1.54, 1.807) is 0 Å². The van der Waals surface area contributed by atoms with Crippen LogP contribution in [0, 0.1) is 12.8 Å². The second-order valence-electron chi connectivity index (χ2n) is 7.43. The summed E-state index contributed by atoms with van der Waals surface area (Å²) in [6.45, 7) is 9.13. The van der Waals surface area contributed by atoms with Gasteiger partial charge in [0.2, 0.25) is 11.9 Å². The summed E-state index contributed by atoms with van der Waals surface area (Å²) in [5.41, 5.74) is 3.24. The van der Waals surface area contributed by atoms with Gasteiger partial charge in [0.25, 0.3) is 0 Å². The van der Waals surface area contributed by atoms with Crippen molar-refractivity contribution in [2.75, 3.05) is 31.1 Å². The number of benzene rings is 1. The molecule has 0 spiro atoms. The third kappa shape index (κ3) is 4.75. The molecule has 0 saturated carbocycles. The Morgan fingerprint density at radius 1 is 1.46 bits per heavy atom. The van der Waals surface area contributed by atoms with Crippen LogP contribution < -0.4 is 10.2 Å². The van der Waals surface area contributed by atoms with Gasteiger partial charge in [-0.05, 0) is 57.7 Å². The Hall–Kier alpha value is -2.08.